The largest absolute Gasteiger partial charge is 0.507 e. The predicted octanol–water partition coefficient (Wildman–Crippen LogP) is 2.09. The van der Waals surface area contributed by atoms with Crippen molar-refractivity contribution < 1.29 is 5.11 Å². The zero-order valence-electron chi connectivity index (χ0n) is 7.28. The lowest BCUT2D eigenvalue weighted by Gasteiger charge is -2.00. The summed E-state index contributed by atoms with van der Waals surface area (Å²) < 4.78 is 0. The average molecular weight is 174 g/mol. The normalized spacial score (nSPS) is 10.2. The summed E-state index contributed by atoms with van der Waals surface area (Å²) in [6.45, 7) is 1.93. The molecule has 0 atom stereocenters. The number of benzene rings is 1. The molecule has 0 fully saturated rings. The fourth-order valence-electron chi connectivity index (χ4n) is 1.30. The molecule has 0 saturated heterocycles. The summed E-state index contributed by atoms with van der Waals surface area (Å²) in [4.78, 5) is 7.10. The molecule has 0 aliphatic rings. The van der Waals surface area contributed by atoms with Crippen molar-refractivity contribution in [2.24, 2.45) is 0 Å². The number of imidazole rings is 1. The Morgan fingerprint density at radius 3 is 2.69 bits per heavy atom. The van der Waals surface area contributed by atoms with Crippen LogP contribution in [-0.4, -0.2) is 15.1 Å². The standard InChI is InChI=1S/C10H10N2O/c1-7-10(12-6-11-7)8-4-2-3-5-9(8)13/h2-6,13H,1H3,(H,11,12). The molecule has 66 valence electrons. The molecule has 1 heterocycles. The van der Waals surface area contributed by atoms with Crippen LogP contribution in [-0.2, 0) is 0 Å². The van der Waals surface area contributed by atoms with Crippen LogP contribution in [0.3, 0.4) is 0 Å². The maximum atomic E-state index is 9.55. The van der Waals surface area contributed by atoms with E-state index >= 15 is 0 Å². The van der Waals surface area contributed by atoms with Gasteiger partial charge in [0.25, 0.3) is 0 Å². The van der Waals surface area contributed by atoms with E-state index in [2.05, 4.69) is 9.97 Å². The van der Waals surface area contributed by atoms with Gasteiger partial charge in [-0.15, -0.1) is 0 Å². The van der Waals surface area contributed by atoms with Gasteiger partial charge in [-0.2, -0.15) is 0 Å². The minimum Gasteiger partial charge on any atom is -0.507 e. The van der Waals surface area contributed by atoms with Crippen LogP contribution in [0.5, 0.6) is 5.75 Å². The summed E-state index contributed by atoms with van der Waals surface area (Å²) in [6.07, 6.45) is 1.62. The van der Waals surface area contributed by atoms with E-state index in [1.807, 2.05) is 19.1 Å². The molecule has 0 aliphatic carbocycles. The summed E-state index contributed by atoms with van der Waals surface area (Å²) in [7, 11) is 0. The van der Waals surface area contributed by atoms with E-state index in [0.717, 1.165) is 17.0 Å². The number of aromatic amines is 1. The van der Waals surface area contributed by atoms with Gasteiger partial charge in [-0.3, -0.25) is 0 Å². The van der Waals surface area contributed by atoms with E-state index in [4.69, 9.17) is 0 Å². The smallest absolute Gasteiger partial charge is 0.125 e. The Kier molecular flexibility index (Phi) is 1.77. The van der Waals surface area contributed by atoms with Crippen molar-refractivity contribution in [2.45, 2.75) is 6.92 Å². The minimum atomic E-state index is 0.262. The molecule has 3 heteroatoms. The molecular weight excluding hydrogens is 164 g/mol. The lowest BCUT2D eigenvalue weighted by atomic mass is 10.1. The SMILES string of the molecule is Cc1[nH]cnc1-c1ccccc1O. The Balaban J connectivity index is 2.59. The fourth-order valence-corrected chi connectivity index (χ4v) is 1.30. The van der Waals surface area contributed by atoms with Crippen LogP contribution in [0, 0.1) is 6.92 Å². The first kappa shape index (κ1) is 7.86. The molecular formula is C10H10N2O. The number of rotatable bonds is 1. The van der Waals surface area contributed by atoms with Crippen LogP contribution in [0.25, 0.3) is 11.3 Å². The first-order chi connectivity index (χ1) is 6.29. The van der Waals surface area contributed by atoms with E-state index in [1.165, 1.54) is 0 Å². The molecule has 0 radical (unpaired) electrons. The number of H-pyrrole nitrogens is 1. The molecule has 2 N–H and O–H groups in total. The maximum absolute atomic E-state index is 9.55. The highest BCUT2D eigenvalue weighted by atomic mass is 16.3. The zero-order chi connectivity index (χ0) is 9.26. The number of para-hydroxylation sites is 1. The molecule has 2 aromatic rings. The van der Waals surface area contributed by atoms with Crippen LogP contribution in [0.2, 0.25) is 0 Å². The van der Waals surface area contributed by atoms with Gasteiger partial charge in [-0.1, -0.05) is 12.1 Å². The second-order valence-corrected chi connectivity index (χ2v) is 2.89. The number of aromatic nitrogens is 2. The highest BCUT2D eigenvalue weighted by molar-refractivity contribution is 5.68. The fraction of sp³-hybridized carbons (Fsp3) is 0.100. The third kappa shape index (κ3) is 1.28. The number of hydrogen-bond donors (Lipinski definition) is 2. The molecule has 13 heavy (non-hydrogen) atoms. The molecule has 1 aromatic heterocycles. The van der Waals surface area contributed by atoms with E-state index in [9.17, 15) is 5.11 Å². The van der Waals surface area contributed by atoms with Gasteiger partial charge in [0.2, 0.25) is 0 Å². The molecule has 2 rings (SSSR count). The monoisotopic (exact) mass is 174 g/mol. The minimum absolute atomic E-state index is 0.262. The van der Waals surface area contributed by atoms with Gasteiger partial charge >= 0.3 is 0 Å². The van der Waals surface area contributed by atoms with Crippen LogP contribution in [0.4, 0.5) is 0 Å². The second kappa shape index (κ2) is 2.94. The Hall–Kier alpha value is -1.77. The topological polar surface area (TPSA) is 48.9 Å². The lowest BCUT2D eigenvalue weighted by molar-refractivity contribution is 0.477. The molecule has 0 spiro atoms. The summed E-state index contributed by atoms with van der Waals surface area (Å²) in [5, 5.41) is 9.55. The van der Waals surface area contributed by atoms with Crippen molar-refractivity contribution in [3.05, 3.63) is 36.3 Å². The van der Waals surface area contributed by atoms with Crippen LogP contribution < -0.4 is 0 Å². The van der Waals surface area contributed by atoms with Gasteiger partial charge in [0.1, 0.15) is 5.75 Å². The number of nitrogens with zero attached hydrogens (tertiary/aromatic N) is 1. The van der Waals surface area contributed by atoms with Crippen molar-refractivity contribution >= 4 is 0 Å². The number of aryl methyl sites for hydroxylation is 1. The number of hydrogen-bond acceptors (Lipinski definition) is 2. The number of nitrogens with one attached hydrogen (secondary N) is 1. The Labute approximate surface area is 76.1 Å². The molecule has 0 amide bonds. The summed E-state index contributed by atoms with van der Waals surface area (Å²) in [6, 6.07) is 7.17. The van der Waals surface area contributed by atoms with Gasteiger partial charge in [0, 0.05) is 11.3 Å². The number of aromatic hydroxyl groups is 1. The van der Waals surface area contributed by atoms with Gasteiger partial charge in [0.05, 0.1) is 12.0 Å². The van der Waals surface area contributed by atoms with Crippen LogP contribution >= 0.6 is 0 Å². The number of phenolic OH excluding ortho intramolecular Hbond substituents is 1. The summed E-state index contributed by atoms with van der Waals surface area (Å²) in [5.74, 6) is 0.262. The quantitative estimate of drug-likeness (QED) is 0.695. The van der Waals surface area contributed by atoms with Crippen molar-refractivity contribution in [1.29, 1.82) is 0 Å². The third-order valence-electron chi connectivity index (χ3n) is 1.99. The zero-order valence-corrected chi connectivity index (χ0v) is 7.28. The first-order valence-corrected chi connectivity index (χ1v) is 4.07. The van der Waals surface area contributed by atoms with Crippen LogP contribution in [0.15, 0.2) is 30.6 Å². The van der Waals surface area contributed by atoms with Gasteiger partial charge in [-0.05, 0) is 19.1 Å². The summed E-state index contributed by atoms with van der Waals surface area (Å²) in [5.41, 5.74) is 2.53. The third-order valence-corrected chi connectivity index (χ3v) is 1.99. The van der Waals surface area contributed by atoms with Crippen molar-refractivity contribution in [3.8, 4) is 17.0 Å². The Morgan fingerprint density at radius 1 is 1.31 bits per heavy atom. The number of phenols is 1. The van der Waals surface area contributed by atoms with Gasteiger partial charge in [-0.25, -0.2) is 4.98 Å². The highest BCUT2D eigenvalue weighted by Crippen LogP contribution is 2.28. The molecule has 1 aromatic carbocycles. The molecule has 3 nitrogen and oxygen atoms in total. The Morgan fingerprint density at radius 2 is 2.08 bits per heavy atom. The van der Waals surface area contributed by atoms with E-state index in [1.54, 1.807) is 18.5 Å². The predicted molar refractivity (Wildman–Crippen MR) is 50.4 cm³/mol. The second-order valence-electron chi connectivity index (χ2n) is 2.89. The molecule has 0 unspecified atom stereocenters. The van der Waals surface area contributed by atoms with Crippen molar-refractivity contribution in [3.63, 3.8) is 0 Å². The highest BCUT2D eigenvalue weighted by Gasteiger charge is 2.07. The van der Waals surface area contributed by atoms with E-state index in [-0.39, 0.29) is 5.75 Å². The van der Waals surface area contributed by atoms with Crippen molar-refractivity contribution in [2.75, 3.05) is 0 Å². The van der Waals surface area contributed by atoms with E-state index < -0.39 is 0 Å². The van der Waals surface area contributed by atoms with Gasteiger partial charge < -0.3 is 10.1 Å². The lowest BCUT2D eigenvalue weighted by Crippen LogP contribution is -1.81. The molecule has 0 bridgehead atoms. The average Bonchev–Trinajstić information content (AvgIpc) is 2.52. The molecule has 0 saturated carbocycles. The van der Waals surface area contributed by atoms with Crippen LogP contribution in [0.1, 0.15) is 5.69 Å². The molecule has 0 aliphatic heterocycles. The summed E-state index contributed by atoms with van der Waals surface area (Å²) >= 11 is 0. The maximum Gasteiger partial charge on any atom is 0.125 e. The van der Waals surface area contributed by atoms with Gasteiger partial charge in [0.15, 0.2) is 0 Å². The Bertz CT molecular complexity index is 420. The first-order valence-electron chi connectivity index (χ1n) is 4.07. The van der Waals surface area contributed by atoms with E-state index in [0.29, 0.717) is 0 Å². The van der Waals surface area contributed by atoms with Crippen molar-refractivity contribution in [1.82, 2.24) is 9.97 Å².